The number of thiophene rings is 1. The first-order valence-corrected chi connectivity index (χ1v) is 7.74. The number of hydrogen-bond donors (Lipinski definition) is 0. The third-order valence-corrected chi connectivity index (χ3v) is 4.07. The highest BCUT2D eigenvalue weighted by Crippen LogP contribution is 2.26. The largest absolute Gasteiger partial charge is 0.440 e. The Labute approximate surface area is 123 Å². The van der Waals surface area contributed by atoms with Crippen LogP contribution in [-0.4, -0.2) is 29.4 Å². The monoisotopic (exact) mass is 292 g/mol. The van der Waals surface area contributed by atoms with Crippen LogP contribution in [0.2, 0.25) is 0 Å². The molecule has 2 heterocycles. The molecule has 20 heavy (non-hydrogen) atoms. The second-order valence-electron chi connectivity index (χ2n) is 4.84. The van der Waals surface area contributed by atoms with Gasteiger partial charge in [0.15, 0.2) is 0 Å². The van der Waals surface area contributed by atoms with Gasteiger partial charge in [0.2, 0.25) is 11.8 Å². The molecule has 2 rings (SSSR count). The van der Waals surface area contributed by atoms with Crippen molar-refractivity contribution in [2.45, 2.75) is 33.1 Å². The van der Waals surface area contributed by atoms with Gasteiger partial charge in [-0.15, -0.1) is 11.3 Å². The summed E-state index contributed by atoms with van der Waals surface area (Å²) in [5.74, 6) is 1.43. The van der Waals surface area contributed by atoms with Crippen molar-refractivity contribution in [2.75, 3.05) is 13.6 Å². The van der Waals surface area contributed by atoms with Crippen LogP contribution in [-0.2, 0) is 11.2 Å². The van der Waals surface area contributed by atoms with Crippen LogP contribution in [0.1, 0.15) is 31.2 Å². The molecule has 2 aromatic heterocycles. The van der Waals surface area contributed by atoms with E-state index in [1.54, 1.807) is 16.2 Å². The zero-order valence-corrected chi connectivity index (χ0v) is 13.0. The van der Waals surface area contributed by atoms with Gasteiger partial charge in [-0.05, 0) is 24.8 Å². The molecule has 108 valence electrons. The maximum absolute atomic E-state index is 12.1. The van der Waals surface area contributed by atoms with Crippen LogP contribution in [0.3, 0.4) is 0 Å². The molecule has 4 nitrogen and oxygen atoms in total. The number of amides is 1. The smallest absolute Gasteiger partial charge is 0.236 e. The van der Waals surface area contributed by atoms with Gasteiger partial charge < -0.3 is 9.32 Å². The molecule has 0 aliphatic carbocycles. The molecule has 0 fully saturated rings. The molecule has 1 amide bonds. The number of likely N-dealkylation sites (N-methyl/N-ethyl adjacent to an activating group) is 1. The Morgan fingerprint density at radius 2 is 2.30 bits per heavy atom. The summed E-state index contributed by atoms with van der Waals surface area (Å²) in [5.41, 5.74) is 0.738. The molecule has 0 aliphatic heterocycles. The average molecular weight is 292 g/mol. The Bertz CT molecular complexity index is 560. The predicted molar refractivity (Wildman–Crippen MR) is 80.8 cm³/mol. The summed E-state index contributed by atoms with van der Waals surface area (Å²) in [6, 6.07) is 3.93. The molecule has 0 radical (unpaired) electrons. The Morgan fingerprint density at radius 3 is 2.95 bits per heavy atom. The van der Waals surface area contributed by atoms with Gasteiger partial charge >= 0.3 is 0 Å². The van der Waals surface area contributed by atoms with Crippen molar-refractivity contribution < 1.29 is 9.21 Å². The summed E-state index contributed by atoms with van der Waals surface area (Å²) in [6.07, 6.45) is 2.42. The SMILES string of the molecule is CCCCN(C)C(=O)Cc1nc(-c2cccs2)oc1C. The van der Waals surface area contributed by atoms with Crippen molar-refractivity contribution >= 4 is 17.2 Å². The fourth-order valence-corrected chi connectivity index (χ4v) is 2.54. The van der Waals surface area contributed by atoms with Crippen LogP contribution >= 0.6 is 11.3 Å². The minimum atomic E-state index is 0.0904. The van der Waals surface area contributed by atoms with E-state index in [9.17, 15) is 4.79 Å². The number of rotatable bonds is 6. The topological polar surface area (TPSA) is 46.3 Å². The molecular weight excluding hydrogens is 272 g/mol. The highest BCUT2D eigenvalue weighted by Gasteiger charge is 2.17. The summed E-state index contributed by atoms with van der Waals surface area (Å²) < 4.78 is 5.65. The number of carbonyl (C=O) groups is 1. The van der Waals surface area contributed by atoms with E-state index in [0.29, 0.717) is 12.3 Å². The van der Waals surface area contributed by atoms with Crippen molar-refractivity contribution in [1.29, 1.82) is 0 Å². The summed E-state index contributed by atoms with van der Waals surface area (Å²) in [4.78, 5) is 19.3. The van der Waals surface area contributed by atoms with Gasteiger partial charge in [0.25, 0.3) is 0 Å². The van der Waals surface area contributed by atoms with E-state index in [2.05, 4.69) is 11.9 Å². The minimum absolute atomic E-state index is 0.0904. The zero-order chi connectivity index (χ0) is 14.5. The first-order valence-electron chi connectivity index (χ1n) is 6.86. The molecular formula is C15H20N2O2S. The summed E-state index contributed by atoms with van der Waals surface area (Å²) >= 11 is 1.58. The summed E-state index contributed by atoms with van der Waals surface area (Å²) in [7, 11) is 1.84. The fraction of sp³-hybridized carbons (Fsp3) is 0.467. The quantitative estimate of drug-likeness (QED) is 0.818. The zero-order valence-electron chi connectivity index (χ0n) is 12.2. The normalized spacial score (nSPS) is 10.8. The van der Waals surface area contributed by atoms with Crippen molar-refractivity contribution in [3.05, 3.63) is 29.0 Å². The average Bonchev–Trinajstić information content (AvgIpc) is 3.06. The molecule has 0 aromatic carbocycles. The van der Waals surface area contributed by atoms with Crippen LogP contribution in [0, 0.1) is 6.92 Å². The standard InChI is InChI=1S/C15H20N2O2S/c1-4-5-8-17(3)14(18)10-12-11(2)19-15(16-12)13-7-6-9-20-13/h6-7,9H,4-5,8,10H2,1-3H3. The predicted octanol–water partition coefficient (Wildman–Crippen LogP) is 3.51. The second kappa shape index (κ2) is 6.70. The van der Waals surface area contributed by atoms with E-state index in [4.69, 9.17) is 4.42 Å². The third kappa shape index (κ3) is 3.48. The lowest BCUT2D eigenvalue weighted by Gasteiger charge is -2.15. The van der Waals surface area contributed by atoms with Crippen LogP contribution < -0.4 is 0 Å². The van der Waals surface area contributed by atoms with Gasteiger partial charge in [0, 0.05) is 13.6 Å². The van der Waals surface area contributed by atoms with Crippen molar-refractivity contribution in [2.24, 2.45) is 0 Å². The lowest BCUT2D eigenvalue weighted by molar-refractivity contribution is -0.129. The molecule has 0 saturated heterocycles. The number of unbranched alkanes of at least 4 members (excludes halogenated alkanes) is 1. The first-order chi connectivity index (χ1) is 9.61. The highest BCUT2D eigenvalue weighted by molar-refractivity contribution is 7.13. The van der Waals surface area contributed by atoms with Gasteiger partial charge in [-0.3, -0.25) is 4.79 Å². The van der Waals surface area contributed by atoms with E-state index in [1.165, 1.54) is 0 Å². The van der Waals surface area contributed by atoms with E-state index < -0.39 is 0 Å². The van der Waals surface area contributed by atoms with Gasteiger partial charge in [0.1, 0.15) is 5.76 Å². The van der Waals surface area contributed by atoms with E-state index in [0.717, 1.165) is 35.7 Å². The van der Waals surface area contributed by atoms with Crippen molar-refractivity contribution in [3.8, 4) is 10.8 Å². The number of carbonyl (C=O) groups excluding carboxylic acids is 1. The first kappa shape index (κ1) is 14.8. The number of aryl methyl sites for hydroxylation is 1. The highest BCUT2D eigenvalue weighted by atomic mass is 32.1. The van der Waals surface area contributed by atoms with E-state index in [-0.39, 0.29) is 5.91 Å². The maximum Gasteiger partial charge on any atom is 0.236 e. The molecule has 0 aliphatic rings. The number of aromatic nitrogens is 1. The van der Waals surface area contributed by atoms with Gasteiger partial charge in [-0.25, -0.2) is 4.98 Å². The maximum atomic E-state index is 12.1. The molecule has 0 saturated carbocycles. The molecule has 0 N–H and O–H groups in total. The van der Waals surface area contributed by atoms with Gasteiger partial charge in [-0.2, -0.15) is 0 Å². The van der Waals surface area contributed by atoms with Crippen LogP contribution in [0.4, 0.5) is 0 Å². The number of oxazole rings is 1. The summed E-state index contributed by atoms with van der Waals surface area (Å²) in [5, 5.41) is 1.98. The summed E-state index contributed by atoms with van der Waals surface area (Å²) in [6.45, 7) is 4.77. The molecule has 0 atom stereocenters. The van der Waals surface area contributed by atoms with E-state index >= 15 is 0 Å². The van der Waals surface area contributed by atoms with Crippen molar-refractivity contribution in [1.82, 2.24) is 9.88 Å². The Kier molecular flexibility index (Phi) is 4.95. The Balaban J connectivity index is 2.04. The van der Waals surface area contributed by atoms with Crippen LogP contribution in [0.25, 0.3) is 10.8 Å². The molecule has 0 unspecified atom stereocenters. The van der Waals surface area contributed by atoms with Crippen LogP contribution in [0.5, 0.6) is 0 Å². The minimum Gasteiger partial charge on any atom is -0.440 e. The molecule has 5 heteroatoms. The molecule has 0 spiro atoms. The molecule has 2 aromatic rings. The fourth-order valence-electron chi connectivity index (χ4n) is 1.90. The van der Waals surface area contributed by atoms with Gasteiger partial charge in [-0.1, -0.05) is 19.4 Å². The molecule has 0 bridgehead atoms. The Morgan fingerprint density at radius 1 is 1.50 bits per heavy atom. The van der Waals surface area contributed by atoms with Crippen LogP contribution in [0.15, 0.2) is 21.9 Å². The lowest BCUT2D eigenvalue weighted by Crippen LogP contribution is -2.29. The second-order valence-corrected chi connectivity index (χ2v) is 5.79. The van der Waals surface area contributed by atoms with Gasteiger partial charge in [0.05, 0.1) is 17.0 Å². The van der Waals surface area contributed by atoms with Crippen molar-refractivity contribution in [3.63, 3.8) is 0 Å². The Hall–Kier alpha value is -1.62. The number of nitrogens with zero attached hydrogens (tertiary/aromatic N) is 2. The third-order valence-electron chi connectivity index (χ3n) is 3.22. The lowest BCUT2D eigenvalue weighted by atomic mass is 10.2. The van der Waals surface area contributed by atoms with E-state index in [1.807, 2.05) is 31.5 Å². The number of hydrogen-bond acceptors (Lipinski definition) is 4.